The van der Waals surface area contributed by atoms with Gasteiger partial charge < -0.3 is 9.64 Å². The van der Waals surface area contributed by atoms with E-state index < -0.39 is 0 Å². The minimum atomic E-state index is 0.461. The van der Waals surface area contributed by atoms with Crippen LogP contribution < -0.4 is 9.64 Å². The zero-order valence-corrected chi connectivity index (χ0v) is 13.1. The van der Waals surface area contributed by atoms with Crippen LogP contribution in [-0.2, 0) is 0 Å². The lowest BCUT2D eigenvalue weighted by atomic mass is 9.99. The summed E-state index contributed by atoms with van der Waals surface area (Å²) in [6.07, 6.45) is 10.1. The molecule has 0 amide bonds. The molecule has 2 fully saturated rings. The lowest BCUT2D eigenvalue weighted by molar-refractivity contribution is 0.214. The highest BCUT2D eigenvalue weighted by Gasteiger charge is 2.28. The van der Waals surface area contributed by atoms with E-state index in [-0.39, 0.29) is 0 Å². The molecule has 6 heteroatoms. The second kappa shape index (κ2) is 6.48. The van der Waals surface area contributed by atoms with Crippen LogP contribution in [0.3, 0.4) is 0 Å². The molecule has 6 nitrogen and oxygen atoms in total. The van der Waals surface area contributed by atoms with Crippen molar-refractivity contribution >= 4 is 5.82 Å². The molecule has 2 aromatic heterocycles. The van der Waals surface area contributed by atoms with Crippen LogP contribution >= 0.6 is 0 Å². The van der Waals surface area contributed by atoms with Gasteiger partial charge in [0.05, 0.1) is 6.61 Å². The lowest BCUT2D eigenvalue weighted by Gasteiger charge is -2.33. The fraction of sp³-hybridized carbons (Fsp3) is 0.529. The molecule has 0 radical (unpaired) electrons. The van der Waals surface area contributed by atoms with E-state index in [0.717, 1.165) is 31.2 Å². The van der Waals surface area contributed by atoms with Gasteiger partial charge in [0.15, 0.2) is 0 Å². The first kappa shape index (κ1) is 14.4. The Balaban J connectivity index is 1.37. The van der Waals surface area contributed by atoms with E-state index in [2.05, 4.69) is 19.9 Å². The Morgan fingerprint density at radius 3 is 2.78 bits per heavy atom. The lowest BCUT2D eigenvalue weighted by Crippen LogP contribution is -2.38. The van der Waals surface area contributed by atoms with E-state index in [4.69, 9.17) is 9.72 Å². The van der Waals surface area contributed by atoms with Gasteiger partial charge in [-0.3, -0.25) is 0 Å². The second-order valence-electron chi connectivity index (χ2n) is 6.34. The van der Waals surface area contributed by atoms with Gasteiger partial charge in [-0.05, 0) is 37.8 Å². The maximum Gasteiger partial charge on any atom is 0.316 e. The Bertz CT molecular complexity index is 646. The number of nitrogens with zero attached hydrogens (tertiary/aromatic N) is 5. The summed E-state index contributed by atoms with van der Waals surface area (Å²) in [5.74, 6) is 3.14. The molecule has 23 heavy (non-hydrogen) atoms. The van der Waals surface area contributed by atoms with Gasteiger partial charge in [-0.15, -0.1) is 0 Å². The van der Waals surface area contributed by atoms with Crippen molar-refractivity contribution < 1.29 is 4.74 Å². The molecule has 0 aromatic carbocycles. The highest BCUT2D eigenvalue weighted by Crippen LogP contribution is 2.38. The molecule has 1 unspecified atom stereocenters. The van der Waals surface area contributed by atoms with E-state index in [0.29, 0.717) is 24.5 Å². The van der Waals surface area contributed by atoms with E-state index in [9.17, 15) is 0 Å². The van der Waals surface area contributed by atoms with Gasteiger partial charge in [0.25, 0.3) is 0 Å². The van der Waals surface area contributed by atoms with Crippen molar-refractivity contribution in [2.45, 2.75) is 31.6 Å². The molecule has 0 N–H and O–H groups in total. The third-order valence-electron chi connectivity index (χ3n) is 4.44. The first-order chi connectivity index (χ1) is 11.4. The first-order valence-corrected chi connectivity index (χ1v) is 8.36. The summed E-state index contributed by atoms with van der Waals surface area (Å²) in [7, 11) is 0. The fourth-order valence-corrected chi connectivity index (χ4v) is 3.04. The van der Waals surface area contributed by atoms with Gasteiger partial charge in [0.2, 0.25) is 0 Å². The highest BCUT2D eigenvalue weighted by molar-refractivity contribution is 5.38. The van der Waals surface area contributed by atoms with Crippen molar-refractivity contribution in [3.63, 3.8) is 0 Å². The van der Waals surface area contributed by atoms with Gasteiger partial charge in [-0.2, -0.15) is 0 Å². The fourth-order valence-electron chi connectivity index (χ4n) is 3.04. The molecule has 2 aliphatic rings. The normalized spacial score (nSPS) is 21.2. The van der Waals surface area contributed by atoms with Crippen molar-refractivity contribution in [1.82, 2.24) is 19.9 Å². The van der Waals surface area contributed by atoms with Crippen LogP contribution in [0, 0.1) is 5.92 Å². The molecular formula is C17H21N5O. The smallest absolute Gasteiger partial charge is 0.316 e. The number of hydrogen-bond donors (Lipinski definition) is 0. The van der Waals surface area contributed by atoms with Crippen molar-refractivity contribution in [3.8, 4) is 6.01 Å². The van der Waals surface area contributed by atoms with Gasteiger partial charge in [-0.1, -0.05) is 0 Å². The average molecular weight is 311 g/mol. The van der Waals surface area contributed by atoms with Crippen molar-refractivity contribution in [2.75, 3.05) is 24.6 Å². The van der Waals surface area contributed by atoms with Crippen molar-refractivity contribution in [2.24, 2.45) is 5.92 Å². The van der Waals surface area contributed by atoms with Crippen LogP contribution in [0.2, 0.25) is 0 Å². The summed E-state index contributed by atoms with van der Waals surface area (Å²) in [6.45, 7) is 2.68. The van der Waals surface area contributed by atoms with Crippen LogP contribution in [-0.4, -0.2) is 39.6 Å². The van der Waals surface area contributed by atoms with Gasteiger partial charge in [0, 0.05) is 43.5 Å². The quantitative estimate of drug-likeness (QED) is 0.845. The summed E-state index contributed by atoms with van der Waals surface area (Å²) in [5.41, 5.74) is 0. The number of ether oxygens (including phenoxy) is 1. The van der Waals surface area contributed by atoms with E-state index in [1.807, 2.05) is 12.3 Å². The predicted octanol–water partition coefficient (Wildman–Crippen LogP) is 2.44. The molecule has 1 saturated heterocycles. The van der Waals surface area contributed by atoms with Crippen molar-refractivity contribution in [3.05, 3.63) is 36.5 Å². The van der Waals surface area contributed by atoms with E-state index >= 15 is 0 Å². The Labute approximate surface area is 136 Å². The zero-order valence-electron chi connectivity index (χ0n) is 13.1. The van der Waals surface area contributed by atoms with Crippen LogP contribution in [0.1, 0.15) is 37.4 Å². The molecule has 0 spiro atoms. The van der Waals surface area contributed by atoms with Gasteiger partial charge in [0.1, 0.15) is 11.6 Å². The Kier molecular flexibility index (Phi) is 4.05. The summed E-state index contributed by atoms with van der Waals surface area (Å²) in [4.78, 5) is 19.8. The predicted molar refractivity (Wildman–Crippen MR) is 86.5 cm³/mol. The number of anilines is 1. The summed E-state index contributed by atoms with van der Waals surface area (Å²) in [5, 5.41) is 0. The molecule has 1 aliphatic carbocycles. The summed E-state index contributed by atoms with van der Waals surface area (Å²) < 4.78 is 5.72. The minimum Gasteiger partial charge on any atom is -0.463 e. The Hall–Kier alpha value is -2.24. The Morgan fingerprint density at radius 2 is 1.96 bits per heavy atom. The van der Waals surface area contributed by atoms with Crippen LogP contribution in [0.25, 0.3) is 0 Å². The molecule has 0 bridgehead atoms. The largest absolute Gasteiger partial charge is 0.463 e. The molecule has 120 valence electrons. The number of rotatable bonds is 5. The first-order valence-electron chi connectivity index (χ1n) is 8.36. The molecular weight excluding hydrogens is 290 g/mol. The molecule has 1 atom stereocenters. The van der Waals surface area contributed by atoms with Crippen LogP contribution in [0.4, 0.5) is 5.82 Å². The topological polar surface area (TPSA) is 64.0 Å². The zero-order chi connectivity index (χ0) is 15.5. The van der Waals surface area contributed by atoms with Gasteiger partial charge in [-0.25, -0.2) is 19.9 Å². The number of aromatic nitrogens is 4. The molecule has 1 aliphatic heterocycles. The third-order valence-corrected chi connectivity index (χ3v) is 4.44. The highest BCUT2D eigenvalue weighted by atomic mass is 16.5. The number of piperidine rings is 1. The van der Waals surface area contributed by atoms with E-state index in [1.165, 1.54) is 19.3 Å². The average Bonchev–Trinajstić information content (AvgIpc) is 3.46. The monoisotopic (exact) mass is 311 g/mol. The van der Waals surface area contributed by atoms with E-state index in [1.54, 1.807) is 18.5 Å². The maximum absolute atomic E-state index is 5.72. The number of hydrogen-bond acceptors (Lipinski definition) is 6. The minimum absolute atomic E-state index is 0.461. The molecule has 2 aromatic rings. The van der Waals surface area contributed by atoms with Crippen LogP contribution in [0.15, 0.2) is 30.7 Å². The molecule has 4 rings (SSSR count). The summed E-state index contributed by atoms with van der Waals surface area (Å²) >= 11 is 0. The second-order valence-corrected chi connectivity index (χ2v) is 6.34. The van der Waals surface area contributed by atoms with Crippen molar-refractivity contribution in [1.29, 1.82) is 0 Å². The molecule has 3 heterocycles. The maximum atomic E-state index is 5.72. The SMILES string of the molecule is c1cnc(OCC2CCCN(c3ccnc(C4CC4)n3)C2)nc1. The van der Waals surface area contributed by atoms with Gasteiger partial charge >= 0.3 is 6.01 Å². The molecule has 1 saturated carbocycles. The standard InChI is InChI=1S/C17H21N5O/c1-3-13(12-23-17-19-7-2-8-20-17)11-22(10-1)15-6-9-18-16(21-15)14-4-5-14/h2,6-9,13-14H,1,3-5,10-12H2. The Morgan fingerprint density at radius 1 is 1.09 bits per heavy atom. The van der Waals surface area contributed by atoms with Crippen LogP contribution in [0.5, 0.6) is 6.01 Å². The third kappa shape index (κ3) is 3.57. The summed E-state index contributed by atoms with van der Waals surface area (Å²) in [6, 6.07) is 4.28.